The van der Waals surface area contributed by atoms with Gasteiger partial charge in [-0.1, -0.05) is 48.3 Å². The number of halogens is 2. The lowest BCUT2D eigenvalue weighted by molar-refractivity contribution is -0.107. The SMILES string of the molecule is CC(C)c1onc(-c2c(Cl)cccc2Cl)c1CC=O. The van der Waals surface area contributed by atoms with Gasteiger partial charge in [0.2, 0.25) is 0 Å². The van der Waals surface area contributed by atoms with Crippen molar-refractivity contribution in [1.82, 2.24) is 5.16 Å². The number of rotatable bonds is 4. The Balaban J connectivity index is 2.65. The second-order valence-corrected chi connectivity index (χ2v) is 5.31. The van der Waals surface area contributed by atoms with Crippen molar-refractivity contribution in [1.29, 1.82) is 0 Å². The van der Waals surface area contributed by atoms with Gasteiger partial charge in [-0.2, -0.15) is 0 Å². The van der Waals surface area contributed by atoms with Gasteiger partial charge in [0.1, 0.15) is 17.7 Å². The van der Waals surface area contributed by atoms with Gasteiger partial charge in [0, 0.05) is 23.5 Å². The molecule has 19 heavy (non-hydrogen) atoms. The molecule has 5 heteroatoms. The molecule has 0 saturated heterocycles. The number of nitrogens with zero attached hydrogens (tertiary/aromatic N) is 1. The van der Waals surface area contributed by atoms with Crippen LogP contribution in [0.25, 0.3) is 11.3 Å². The van der Waals surface area contributed by atoms with Crippen LogP contribution in [-0.2, 0) is 11.2 Å². The van der Waals surface area contributed by atoms with E-state index in [4.69, 9.17) is 27.7 Å². The third kappa shape index (κ3) is 2.67. The first-order chi connectivity index (χ1) is 9.06. The zero-order valence-corrected chi connectivity index (χ0v) is 12.1. The topological polar surface area (TPSA) is 43.1 Å². The van der Waals surface area contributed by atoms with Crippen LogP contribution in [-0.4, -0.2) is 11.4 Å². The fourth-order valence-electron chi connectivity index (χ4n) is 1.98. The summed E-state index contributed by atoms with van der Waals surface area (Å²) in [6, 6.07) is 5.23. The van der Waals surface area contributed by atoms with Gasteiger partial charge >= 0.3 is 0 Å². The van der Waals surface area contributed by atoms with Gasteiger partial charge in [0.25, 0.3) is 0 Å². The third-order valence-electron chi connectivity index (χ3n) is 2.83. The van der Waals surface area contributed by atoms with Gasteiger partial charge in [-0.15, -0.1) is 0 Å². The normalized spacial score (nSPS) is 11.0. The summed E-state index contributed by atoms with van der Waals surface area (Å²) in [4.78, 5) is 10.9. The van der Waals surface area contributed by atoms with Gasteiger partial charge in [0.15, 0.2) is 0 Å². The molecule has 0 bridgehead atoms. The molecule has 3 nitrogen and oxygen atoms in total. The molecule has 0 spiro atoms. The molecule has 0 radical (unpaired) electrons. The predicted molar refractivity (Wildman–Crippen MR) is 75.8 cm³/mol. The Morgan fingerprint density at radius 3 is 2.47 bits per heavy atom. The van der Waals surface area contributed by atoms with E-state index >= 15 is 0 Å². The minimum absolute atomic E-state index is 0.137. The average molecular weight is 298 g/mol. The highest BCUT2D eigenvalue weighted by molar-refractivity contribution is 6.39. The monoisotopic (exact) mass is 297 g/mol. The Morgan fingerprint density at radius 1 is 1.32 bits per heavy atom. The maximum absolute atomic E-state index is 10.9. The van der Waals surface area contributed by atoms with Crippen molar-refractivity contribution in [3.63, 3.8) is 0 Å². The van der Waals surface area contributed by atoms with Crippen molar-refractivity contribution < 1.29 is 9.32 Å². The molecule has 0 fully saturated rings. The molecule has 0 amide bonds. The van der Waals surface area contributed by atoms with Crippen LogP contribution in [0.1, 0.15) is 31.1 Å². The highest BCUT2D eigenvalue weighted by Gasteiger charge is 2.22. The second-order valence-electron chi connectivity index (χ2n) is 4.50. The lowest BCUT2D eigenvalue weighted by atomic mass is 9.99. The summed E-state index contributed by atoms with van der Waals surface area (Å²) in [7, 11) is 0. The Morgan fingerprint density at radius 2 is 1.95 bits per heavy atom. The van der Waals surface area contributed by atoms with Gasteiger partial charge < -0.3 is 9.32 Å². The Labute approximate surface area is 121 Å². The summed E-state index contributed by atoms with van der Waals surface area (Å²) in [5, 5.41) is 5.02. The summed E-state index contributed by atoms with van der Waals surface area (Å²) in [5.41, 5.74) is 1.91. The molecule has 1 aromatic carbocycles. The van der Waals surface area contributed by atoms with E-state index in [-0.39, 0.29) is 12.3 Å². The smallest absolute Gasteiger partial charge is 0.143 e. The van der Waals surface area contributed by atoms with Crippen molar-refractivity contribution in [3.05, 3.63) is 39.6 Å². The molecule has 1 heterocycles. The number of aromatic nitrogens is 1. The molecule has 0 aliphatic rings. The summed E-state index contributed by atoms with van der Waals surface area (Å²) in [6.07, 6.45) is 1.06. The van der Waals surface area contributed by atoms with Crippen LogP contribution in [0.2, 0.25) is 10.0 Å². The van der Waals surface area contributed by atoms with Gasteiger partial charge in [-0.3, -0.25) is 0 Å². The van der Waals surface area contributed by atoms with Gasteiger partial charge in [0.05, 0.1) is 10.0 Å². The highest BCUT2D eigenvalue weighted by Crippen LogP contribution is 2.38. The molecule has 0 aliphatic heterocycles. The van der Waals surface area contributed by atoms with Gasteiger partial charge in [-0.25, -0.2) is 0 Å². The lowest BCUT2D eigenvalue weighted by Gasteiger charge is -2.06. The fraction of sp³-hybridized carbons (Fsp3) is 0.286. The number of carbonyl (C=O) groups excluding carboxylic acids is 1. The van der Waals surface area contributed by atoms with E-state index in [9.17, 15) is 4.79 Å². The number of carbonyl (C=O) groups is 1. The predicted octanol–water partition coefficient (Wildman–Crippen LogP) is 4.51. The summed E-state index contributed by atoms with van der Waals surface area (Å²) < 4.78 is 5.35. The molecule has 0 N–H and O–H groups in total. The van der Waals surface area contributed by atoms with E-state index in [1.165, 1.54) is 0 Å². The molecule has 1 aromatic heterocycles. The van der Waals surface area contributed by atoms with Crippen molar-refractivity contribution in [3.8, 4) is 11.3 Å². The van der Waals surface area contributed by atoms with E-state index in [2.05, 4.69) is 5.16 Å². The van der Waals surface area contributed by atoms with Crippen LogP contribution in [0.5, 0.6) is 0 Å². The van der Waals surface area contributed by atoms with Crippen LogP contribution in [0, 0.1) is 0 Å². The molecular weight excluding hydrogens is 285 g/mol. The van der Waals surface area contributed by atoms with Crippen molar-refractivity contribution in [2.75, 3.05) is 0 Å². The zero-order valence-electron chi connectivity index (χ0n) is 10.6. The largest absolute Gasteiger partial charge is 0.360 e. The van der Waals surface area contributed by atoms with Crippen LogP contribution in [0.4, 0.5) is 0 Å². The molecule has 0 unspecified atom stereocenters. The standard InChI is InChI=1S/C14H13Cl2NO2/c1-8(2)14-9(6-7-18)13(17-19-14)12-10(15)4-3-5-11(12)16/h3-5,7-8H,6H2,1-2H3. The van der Waals surface area contributed by atoms with Crippen LogP contribution in [0.15, 0.2) is 22.7 Å². The fourth-order valence-corrected chi connectivity index (χ4v) is 2.55. The minimum atomic E-state index is 0.137. The number of aldehydes is 1. The second kappa shape index (κ2) is 5.76. The Bertz CT molecular complexity index is 585. The van der Waals surface area contributed by atoms with Crippen LogP contribution in [0.3, 0.4) is 0 Å². The van der Waals surface area contributed by atoms with Gasteiger partial charge in [-0.05, 0) is 12.1 Å². The van der Waals surface area contributed by atoms with E-state index in [1.54, 1.807) is 18.2 Å². The molecule has 0 aliphatic carbocycles. The van der Waals surface area contributed by atoms with Crippen molar-refractivity contribution in [2.24, 2.45) is 0 Å². The quantitative estimate of drug-likeness (QED) is 0.780. The van der Waals surface area contributed by atoms with E-state index < -0.39 is 0 Å². The number of hydrogen-bond donors (Lipinski definition) is 0. The van der Waals surface area contributed by atoms with Crippen molar-refractivity contribution >= 4 is 29.5 Å². The maximum Gasteiger partial charge on any atom is 0.143 e. The number of hydrogen-bond acceptors (Lipinski definition) is 3. The molecule has 100 valence electrons. The zero-order chi connectivity index (χ0) is 14.0. The number of benzene rings is 1. The molecule has 0 atom stereocenters. The third-order valence-corrected chi connectivity index (χ3v) is 3.46. The van der Waals surface area contributed by atoms with E-state index in [0.717, 1.165) is 11.8 Å². The molecule has 2 aromatic rings. The first-order valence-electron chi connectivity index (χ1n) is 5.92. The van der Waals surface area contributed by atoms with Crippen molar-refractivity contribution in [2.45, 2.75) is 26.2 Å². The molecule has 0 saturated carbocycles. The molecular formula is C14H13Cl2NO2. The first kappa shape index (κ1) is 14.1. The summed E-state index contributed by atoms with van der Waals surface area (Å²) in [6.45, 7) is 3.96. The Hall–Kier alpha value is -1.32. The van der Waals surface area contributed by atoms with Crippen LogP contribution < -0.4 is 0 Å². The maximum atomic E-state index is 10.9. The average Bonchev–Trinajstić information content (AvgIpc) is 2.73. The Kier molecular flexibility index (Phi) is 4.27. The molecule has 2 rings (SSSR count). The van der Waals surface area contributed by atoms with E-state index in [1.807, 2.05) is 13.8 Å². The van der Waals surface area contributed by atoms with E-state index in [0.29, 0.717) is 27.1 Å². The van der Waals surface area contributed by atoms with Crippen LogP contribution >= 0.6 is 23.2 Å². The first-order valence-corrected chi connectivity index (χ1v) is 6.68. The minimum Gasteiger partial charge on any atom is -0.360 e. The summed E-state index contributed by atoms with van der Waals surface area (Å²) >= 11 is 12.3. The highest BCUT2D eigenvalue weighted by atomic mass is 35.5. The summed E-state index contributed by atoms with van der Waals surface area (Å²) in [5.74, 6) is 0.829. The lowest BCUT2D eigenvalue weighted by Crippen LogP contribution is -1.96.